The minimum atomic E-state index is -4.47. The van der Waals surface area contributed by atoms with Gasteiger partial charge in [-0.25, -0.2) is 13.6 Å². The molecule has 0 aromatic carbocycles. The molecule has 0 atom stereocenters. The molecule has 0 aliphatic carbocycles. The lowest BCUT2D eigenvalue weighted by Gasteiger charge is -2.21. The summed E-state index contributed by atoms with van der Waals surface area (Å²) < 4.78 is 18.6. The summed E-state index contributed by atoms with van der Waals surface area (Å²) >= 11 is 35.4. The molecule has 0 radical (unpaired) electrons. The van der Waals surface area contributed by atoms with Crippen molar-refractivity contribution < 1.29 is 17.7 Å². The molecule has 0 heterocycles. The van der Waals surface area contributed by atoms with Crippen LogP contribution in [0.3, 0.4) is 0 Å². The van der Waals surface area contributed by atoms with Crippen LogP contribution in [-0.4, -0.2) is 7.96 Å². The fourth-order valence-corrected chi connectivity index (χ4v) is 2.59. The summed E-state index contributed by atoms with van der Waals surface area (Å²) in [7, 11) is -4.47. The molecular weight excluding hydrogens is 367 g/mol. The van der Waals surface area contributed by atoms with Crippen molar-refractivity contribution in [2.24, 2.45) is 0 Å². The maximum Gasteiger partial charge on any atom is 0.498 e. The number of alkyl halides is 6. The second-order valence-electron chi connectivity index (χ2n) is 1.59. The van der Waals surface area contributed by atoms with Gasteiger partial charge < -0.3 is 0 Å². The number of hydrogen-bond acceptors (Lipinski definition) is 4. The summed E-state index contributed by atoms with van der Waals surface area (Å²) in [6, 6.07) is 0. The van der Waals surface area contributed by atoms with Gasteiger partial charge >= 0.3 is 15.8 Å². The zero-order valence-electron chi connectivity index (χ0n) is 5.73. The Balaban J connectivity index is 4.59. The minimum Gasteiger partial charge on any atom is -0.234 e. The largest absolute Gasteiger partial charge is 0.498 e. The van der Waals surface area contributed by atoms with E-state index in [1.807, 2.05) is 0 Å². The molecule has 0 bridgehead atoms. The SMILES string of the molecule is O=P(OCl)(OC(Cl)(Cl)Cl)OC(Cl)(Cl)Cl. The first-order valence-corrected chi connectivity index (χ1v) is 6.46. The summed E-state index contributed by atoms with van der Waals surface area (Å²) in [5, 5.41) is 0. The van der Waals surface area contributed by atoms with Gasteiger partial charge in [-0.3, -0.25) is 0 Å². The van der Waals surface area contributed by atoms with Crippen molar-refractivity contribution in [1.82, 2.24) is 0 Å². The molecule has 12 heteroatoms. The molecule has 0 saturated carbocycles. The van der Waals surface area contributed by atoms with Crippen LogP contribution in [0.25, 0.3) is 0 Å². The highest BCUT2D eigenvalue weighted by Gasteiger charge is 2.43. The third-order valence-electron chi connectivity index (χ3n) is 0.515. The van der Waals surface area contributed by atoms with E-state index in [4.69, 9.17) is 81.5 Å². The van der Waals surface area contributed by atoms with Crippen molar-refractivity contribution in [2.75, 3.05) is 0 Å². The molecule has 0 amide bonds. The minimum absolute atomic E-state index is 2.40. The predicted molar refractivity (Wildman–Crippen MR) is 57.3 cm³/mol. The first-order chi connectivity index (χ1) is 5.97. The van der Waals surface area contributed by atoms with Crippen LogP contribution < -0.4 is 0 Å². The predicted octanol–water partition coefficient (Wildman–Crippen LogP) is 4.95. The topological polar surface area (TPSA) is 44.8 Å². The third-order valence-corrected chi connectivity index (χ3v) is 3.29. The molecule has 0 aromatic heterocycles. The van der Waals surface area contributed by atoms with E-state index in [1.54, 1.807) is 0 Å². The van der Waals surface area contributed by atoms with Gasteiger partial charge in [-0.05, 0) is 0 Å². The van der Waals surface area contributed by atoms with Gasteiger partial charge in [-0.15, -0.1) is 0 Å². The smallest absolute Gasteiger partial charge is 0.234 e. The molecule has 0 aliphatic heterocycles. The first kappa shape index (κ1) is 16.1. The van der Waals surface area contributed by atoms with Crippen molar-refractivity contribution in [3.05, 3.63) is 0 Å². The van der Waals surface area contributed by atoms with Crippen LogP contribution in [0.2, 0.25) is 0 Å². The summed E-state index contributed by atoms with van der Waals surface area (Å²) in [5.74, 6) is 0. The van der Waals surface area contributed by atoms with Crippen LogP contribution >= 0.6 is 89.3 Å². The van der Waals surface area contributed by atoms with Crippen LogP contribution in [0.1, 0.15) is 0 Å². The summed E-state index contributed by atoms with van der Waals surface area (Å²) in [6.07, 6.45) is 0. The Bertz CT molecular complexity index is 211. The summed E-state index contributed by atoms with van der Waals surface area (Å²) in [4.78, 5) is 0. The normalized spacial score (nSPS) is 14.5. The van der Waals surface area contributed by atoms with Crippen LogP contribution in [0.5, 0.6) is 0 Å². The average Bonchev–Trinajstić information content (AvgIpc) is 1.78. The molecule has 86 valence electrons. The number of halogens is 7. The zero-order chi connectivity index (χ0) is 11.6. The second-order valence-corrected chi connectivity index (χ2v) is 7.76. The molecule has 0 aliphatic rings. The number of phosphoric acid groups is 1. The van der Waals surface area contributed by atoms with E-state index in [2.05, 4.69) is 13.1 Å². The maximum absolute atomic E-state index is 11.3. The summed E-state index contributed by atoms with van der Waals surface area (Å²) in [6.45, 7) is 0. The number of hydrogen-bond donors (Lipinski definition) is 0. The third kappa shape index (κ3) is 8.31. The van der Waals surface area contributed by atoms with Crippen LogP contribution in [0, 0.1) is 0 Å². The highest BCUT2D eigenvalue weighted by Crippen LogP contribution is 2.60. The van der Waals surface area contributed by atoms with Gasteiger partial charge in [0.05, 0.1) is 11.9 Å². The lowest BCUT2D eigenvalue weighted by molar-refractivity contribution is 0.155. The Hall–Kier alpha value is 2.14. The van der Waals surface area contributed by atoms with Crippen molar-refractivity contribution in [3.63, 3.8) is 0 Å². The van der Waals surface area contributed by atoms with E-state index in [-0.39, 0.29) is 0 Å². The van der Waals surface area contributed by atoms with Crippen LogP contribution in [0.15, 0.2) is 0 Å². The standard InChI is InChI=1S/C2Cl7O4P/c3-1(4,5)11-14(10,13-9)12-2(6,7)8. The zero-order valence-corrected chi connectivity index (χ0v) is 11.9. The van der Waals surface area contributed by atoms with Crippen molar-refractivity contribution in [1.29, 1.82) is 0 Å². The van der Waals surface area contributed by atoms with Gasteiger partial charge in [0.15, 0.2) is 0 Å². The Kier molecular flexibility index (Phi) is 6.52. The average molecular weight is 367 g/mol. The Morgan fingerprint density at radius 1 is 0.857 bits per heavy atom. The molecule has 0 rings (SSSR count). The van der Waals surface area contributed by atoms with E-state index in [1.165, 1.54) is 0 Å². The number of phosphoric ester groups is 1. The molecule has 14 heavy (non-hydrogen) atoms. The molecule has 0 fully saturated rings. The van der Waals surface area contributed by atoms with E-state index in [0.717, 1.165) is 0 Å². The van der Waals surface area contributed by atoms with Gasteiger partial charge in [0.2, 0.25) is 0 Å². The lowest BCUT2D eigenvalue weighted by Crippen LogP contribution is -2.14. The van der Waals surface area contributed by atoms with Crippen molar-refractivity contribution >= 4 is 89.3 Å². The van der Waals surface area contributed by atoms with E-state index >= 15 is 0 Å². The fraction of sp³-hybridized carbons (Fsp3) is 1.00. The Labute approximate surface area is 114 Å². The Morgan fingerprint density at radius 2 is 1.14 bits per heavy atom. The van der Waals surface area contributed by atoms with Crippen LogP contribution in [0.4, 0.5) is 0 Å². The van der Waals surface area contributed by atoms with Gasteiger partial charge in [0.25, 0.3) is 0 Å². The molecular formula is C2Cl7O4P. The van der Waals surface area contributed by atoms with E-state index in [0.29, 0.717) is 0 Å². The molecule has 0 N–H and O–H groups in total. The van der Waals surface area contributed by atoms with Gasteiger partial charge in [0, 0.05) is 0 Å². The Morgan fingerprint density at radius 3 is 1.29 bits per heavy atom. The quantitative estimate of drug-likeness (QED) is 0.523. The van der Waals surface area contributed by atoms with Crippen molar-refractivity contribution in [2.45, 2.75) is 7.96 Å². The molecule has 0 saturated heterocycles. The second kappa shape index (κ2) is 5.65. The molecule has 0 unspecified atom stereocenters. The van der Waals surface area contributed by atoms with E-state index < -0.39 is 15.8 Å². The lowest BCUT2D eigenvalue weighted by atomic mass is 11.6. The van der Waals surface area contributed by atoms with Crippen molar-refractivity contribution in [3.8, 4) is 0 Å². The monoisotopic (exact) mass is 364 g/mol. The maximum atomic E-state index is 11.3. The van der Waals surface area contributed by atoms with Gasteiger partial charge in [0.1, 0.15) is 0 Å². The molecule has 0 aromatic rings. The van der Waals surface area contributed by atoms with Gasteiger partial charge in [-0.2, -0.15) is 4.08 Å². The first-order valence-electron chi connectivity index (χ1n) is 2.43. The highest BCUT2D eigenvalue weighted by molar-refractivity contribution is 7.50. The molecule has 4 nitrogen and oxygen atoms in total. The highest BCUT2D eigenvalue weighted by atomic mass is 35.6. The molecule has 0 spiro atoms. The number of rotatable bonds is 3. The van der Waals surface area contributed by atoms with Gasteiger partial charge in [-0.1, -0.05) is 69.6 Å². The summed E-state index contributed by atoms with van der Waals surface area (Å²) in [5.41, 5.74) is 0. The van der Waals surface area contributed by atoms with E-state index in [9.17, 15) is 4.57 Å². The van der Waals surface area contributed by atoms with Crippen LogP contribution in [-0.2, 0) is 17.7 Å². The fourth-order valence-electron chi connectivity index (χ4n) is 0.300.